The molecular formula is C28H39N7O2Si. The summed E-state index contributed by atoms with van der Waals surface area (Å²) in [5.74, 6) is 1.28. The van der Waals surface area contributed by atoms with Gasteiger partial charge in [-0.25, -0.2) is 14.6 Å². The highest BCUT2D eigenvalue weighted by molar-refractivity contribution is 6.74. The molecular weight excluding hydrogens is 494 g/mol. The third-order valence-corrected chi connectivity index (χ3v) is 12.2. The second kappa shape index (κ2) is 10.8. The van der Waals surface area contributed by atoms with Crippen molar-refractivity contribution in [3.8, 4) is 17.3 Å². The number of aromatic nitrogens is 4. The molecule has 2 aromatic heterocycles. The summed E-state index contributed by atoms with van der Waals surface area (Å²) in [6.07, 6.45) is 4.33. The molecule has 0 bridgehead atoms. The van der Waals surface area contributed by atoms with E-state index in [-0.39, 0.29) is 10.5 Å². The van der Waals surface area contributed by atoms with Gasteiger partial charge in [0.05, 0.1) is 23.1 Å². The molecule has 0 unspecified atom stereocenters. The van der Waals surface area contributed by atoms with Crippen molar-refractivity contribution in [2.75, 3.05) is 37.5 Å². The molecule has 1 aromatic carbocycles. The van der Waals surface area contributed by atoms with Gasteiger partial charge in [-0.2, -0.15) is 10.4 Å². The molecule has 1 atom stereocenters. The molecule has 3 aromatic rings. The molecule has 0 saturated heterocycles. The Balaban J connectivity index is 1.62. The summed E-state index contributed by atoms with van der Waals surface area (Å²) in [5, 5.41) is 21.2. The molecule has 0 aliphatic carbocycles. The van der Waals surface area contributed by atoms with Crippen molar-refractivity contribution in [3.05, 3.63) is 47.8 Å². The molecule has 9 nitrogen and oxygen atoms in total. The third-order valence-electron chi connectivity index (χ3n) is 7.75. The van der Waals surface area contributed by atoms with E-state index in [0.717, 1.165) is 47.8 Å². The maximum Gasteiger partial charge on any atom is 0.228 e. The first kappa shape index (κ1) is 27.8. The SMILES string of the molecule is COCCCn1nccc1Nc1nccc(-c2cc(C#N)c3c(c2)[C@](C)(CO[Si](C)(C)C(C)(C)C)CN3)n1. The van der Waals surface area contributed by atoms with Gasteiger partial charge >= 0.3 is 0 Å². The van der Waals surface area contributed by atoms with Crippen LogP contribution in [-0.4, -0.2) is 54.9 Å². The van der Waals surface area contributed by atoms with Crippen molar-refractivity contribution >= 4 is 25.8 Å². The van der Waals surface area contributed by atoms with Gasteiger partial charge in [0.2, 0.25) is 5.95 Å². The summed E-state index contributed by atoms with van der Waals surface area (Å²) in [5.41, 5.74) is 3.96. The molecule has 38 heavy (non-hydrogen) atoms. The number of hydrogen-bond donors (Lipinski definition) is 2. The van der Waals surface area contributed by atoms with Gasteiger partial charge in [0.25, 0.3) is 0 Å². The highest BCUT2D eigenvalue weighted by atomic mass is 28.4. The maximum atomic E-state index is 9.98. The molecule has 1 aliphatic rings. The summed E-state index contributed by atoms with van der Waals surface area (Å²) < 4.78 is 13.7. The zero-order valence-electron chi connectivity index (χ0n) is 23.6. The van der Waals surface area contributed by atoms with Crippen LogP contribution in [0.25, 0.3) is 11.3 Å². The minimum atomic E-state index is -1.93. The van der Waals surface area contributed by atoms with Crippen LogP contribution in [0.3, 0.4) is 0 Å². The van der Waals surface area contributed by atoms with Gasteiger partial charge in [-0.15, -0.1) is 0 Å². The smallest absolute Gasteiger partial charge is 0.228 e. The second-order valence-corrected chi connectivity index (χ2v) is 16.5. The van der Waals surface area contributed by atoms with E-state index in [2.05, 4.69) is 73.6 Å². The molecule has 2 N–H and O–H groups in total. The fourth-order valence-electron chi connectivity index (χ4n) is 4.28. The van der Waals surface area contributed by atoms with E-state index in [4.69, 9.17) is 14.1 Å². The highest BCUT2D eigenvalue weighted by Gasteiger charge is 2.42. The molecule has 0 spiro atoms. The predicted molar refractivity (Wildman–Crippen MR) is 153 cm³/mol. The predicted octanol–water partition coefficient (Wildman–Crippen LogP) is 5.70. The molecule has 202 valence electrons. The minimum absolute atomic E-state index is 0.126. The lowest BCUT2D eigenvalue weighted by Crippen LogP contribution is -2.45. The number of aryl methyl sites for hydroxylation is 1. The summed E-state index contributed by atoms with van der Waals surface area (Å²) in [4.78, 5) is 9.20. The van der Waals surface area contributed by atoms with Crippen LogP contribution in [0.5, 0.6) is 0 Å². The van der Waals surface area contributed by atoms with Crippen molar-refractivity contribution in [1.82, 2.24) is 19.7 Å². The zero-order chi connectivity index (χ0) is 27.6. The monoisotopic (exact) mass is 533 g/mol. The van der Waals surface area contributed by atoms with Crippen LogP contribution in [0.4, 0.5) is 17.5 Å². The van der Waals surface area contributed by atoms with Crippen LogP contribution >= 0.6 is 0 Å². The first-order valence-corrected chi connectivity index (χ1v) is 16.0. The van der Waals surface area contributed by atoms with Gasteiger partial charge < -0.3 is 19.8 Å². The third kappa shape index (κ3) is 5.75. The fourth-order valence-corrected chi connectivity index (χ4v) is 5.39. The van der Waals surface area contributed by atoms with Crippen molar-refractivity contribution in [3.63, 3.8) is 0 Å². The molecule has 4 rings (SSSR count). The Morgan fingerprint density at radius 1 is 1.24 bits per heavy atom. The van der Waals surface area contributed by atoms with Gasteiger partial charge in [0, 0.05) is 56.7 Å². The van der Waals surface area contributed by atoms with Crippen molar-refractivity contribution < 1.29 is 9.16 Å². The lowest BCUT2D eigenvalue weighted by atomic mass is 9.83. The number of ether oxygens (including phenoxy) is 1. The van der Waals surface area contributed by atoms with Gasteiger partial charge in [-0.05, 0) is 48.3 Å². The van der Waals surface area contributed by atoms with E-state index < -0.39 is 8.32 Å². The summed E-state index contributed by atoms with van der Waals surface area (Å²) >= 11 is 0. The molecule has 0 amide bonds. The largest absolute Gasteiger partial charge is 0.416 e. The Morgan fingerprint density at radius 3 is 2.74 bits per heavy atom. The van der Waals surface area contributed by atoms with Gasteiger partial charge in [-0.3, -0.25) is 0 Å². The van der Waals surface area contributed by atoms with E-state index in [1.165, 1.54) is 0 Å². The van der Waals surface area contributed by atoms with E-state index in [1.807, 2.05) is 22.9 Å². The second-order valence-electron chi connectivity index (χ2n) is 11.7. The number of hydrogen-bond acceptors (Lipinski definition) is 8. The number of benzene rings is 1. The van der Waals surface area contributed by atoms with E-state index in [1.54, 1.807) is 19.5 Å². The number of nitriles is 1. The van der Waals surface area contributed by atoms with Crippen molar-refractivity contribution in [2.24, 2.45) is 0 Å². The Bertz CT molecular complexity index is 1330. The maximum absolute atomic E-state index is 9.98. The number of rotatable bonds is 10. The van der Waals surface area contributed by atoms with Crippen LogP contribution in [-0.2, 0) is 21.1 Å². The Morgan fingerprint density at radius 2 is 2.03 bits per heavy atom. The minimum Gasteiger partial charge on any atom is -0.416 e. The van der Waals surface area contributed by atoms with E-state index >= 15 is 0 Å². The lowest BCUT2D eigenvalue weighted by Gasteiger charge is -2.39. The van der Waals surface area contributed by atoms with Crippen LogP contribution in [0.2, 0.25) is 18.1 Å². The molecule has 3 heterocycles. The summed E-state index contributed by atoms with van der Waals surface area (Å²) in [6.45, 7) is 16.2. The Labute approximate surface area is 226 Å². The Hall–Kier alpha value is -3.26. The Kier molecular flexibility index (Phi) is 7.92. The van der Waals surface area contributed by atoms with E-state index in [0.29, 0.717) is 24.7 Å². The molecule has 10 heteroatoms. The van der Waals surface area contributed by atoms with Gasteiger partial charge in [0.1, 0.15) is 11.9 Å². The number of fused-ring (bicyclic) bond motifs is 1. The van der Waals surface area contributed by atoms with Crippen LogP contribution in [0.1, 0.15) is 45.2 Å². The normalized spacial score (nSPS) is 17.1. The fraction of sp³-hybridized carbons (Fsp3) is 0.500. The van der Waals surface area contributed by atoms with Gasteiger partial charge in [-0.1, -0.05) is 27.7 Å². The van der Waals surface area contributed by atoms with Crippen LogP contribution in [0, 0.1) is 11.3 Å². The van der Waals surface area contributed by atoms with Gasteiger partial charge in [0.15, 0.2) is 8.32 Å². The number of methoxy groups -OCH3 is 1. The summed E-state index contributed by atoms with van der Waals surface area (Å²) in [7, 11) is -0.237. The topological polar surface area (TPSA) is 110 Å². The first-order valence-electron chi connectivity index (χ1n) is 13.0. The number of anilines is 3. The molecule has 0 fully saturated rings. The zero-order valence-corrected chi connectivity index (χ0v) is 24.6. The standard InChI is InChI=1S/C28H39N7O2Si/c1-27(2,3)38(6,7)37-19-28(4)18-31-25-21(17-29)15-20(16-22(25)28)23-9-11-30-26(33-23)34-24-10-12-32-35(24)13-8-14-36-5/h9-12,15-16,31H,8,13-14,18-19H2,1-7H3,(H,30,33,34)/t28-/m0/s1. The van der Waals surface area contributed by atoms with Crippen LogP contribution in [0.15, 0.2) is 36.7 Å². The van der Waals surface area contributed by atoms with E-state index in [9.17, 15) is 5.26 Å². The van der Waals surface area contributed by atoms with Crippen LogP contribution < -0.4 is 10.6 Å². The number of nitrogens with one attached hydrogen (secondary N) is 2. The average Bonchev–Trinajstić information content (AvgIpc) is 3.46. The molecule has 0 saturated carbocycles. The number of nitrogens with zero attached hydrogens (tertiary/aromatic N) is 5. The quantitative estimate of drug-likeness (QED) is 0.252. The average molecular weight is 534 g/mol. The lowest BCUT2D eigenvalue weighted by molar-refractivity contribution is 0.189. The summed E-state index contributed by atoms with van der Waals surface area (Å²) in [6, 6.07) is 10.2. The van der Waals surface area contributed by atoms with Crippen molar-refractivity contribution in [2.45, 2.75) is 64.2 Å². The molecule has 0 radical (unpaired) electrons. The first-order chi connectivity index (χ1) is 18.0. The molecule has 1 aliphatic heterocycles. The highest BCUT2D eigenvalue weighted by Crippen LogP contribution is 2.44. The van der Waals surface area contributed by atoms with Crippen molar-refractivity contribution in [1.29, 1.82) is 5.26 Å².